The van der Waals surface area contributed by atoms with E-state index >= 15 is 0 Å². The van der Waals surface area contributed by atoms with E-state index in [1.807, 2.05) is 36.4 Å². The van der Waals surface area contributed by atoms with Crippen LogP contribution in [0.15, 0.2) is 67.0 Å². The molecule has 0 amide bonds. The van der Waals surface area contributed by atoms with Gasteiger partial charge in [-0.25, -0.2) is 4.98 Å². The molecule has 0 bridgehead atoms. The summed E-state index contributed by atoms with van der Waals surface area (Å²) in [7, 11) is 0. The van der Waals surface area contributed by atoms with Gasteiger partial charge in [-0.2, -0.15) is 0 Å². The number of pyridine rings is 1. The van der Waals surface area contributed by atoms with Gasteiger partial charge in [0.1, 0.15) is 17.1 Å². The van der Waals surface area contributed by atoms with E-state index in [0.717, 1.165) is 37.0 Å². The summed E-state index contributed by atoms with van der Waals surface area (Å²) in [5.74, 6) is 1.12. The summed E-state index contributed by atoms with van der Waals surface area (Å²) in [6, 6.07) is 16.8. The molecule has 3 heterocycles. The number of aromatic amines is 1. The third kappa shape index (κ3) is 4.20. The number of carbonyl (C=O) groups is 1. The van der Waals surface area contributed by atoms with E-state index in [1.165, 1.54) is 0 Å². The number of piperidine rings is 1. The topological polar surface area (TPSA) is 79.0 Å². The second kappa shape index (κ2) is 9.02. The minimum atomic E-state index is -0.162. The smallest absolute Gasteiger partial charge is 0.196 e. The molecule has 1 fully saturated rings. The molecule has 1 unspecified atom stereocenters. The van der Waals surface area contributed by atoms with Crippen molar-refractivity contribution in [3.05, 3.63) is 83.1 Å². The van der Waals surface area contributed by atoms with Crippen LogP contribution in [0.25, 0.3) is 11.0 Å². The van der Waals surface area contributed by atoms with Crippen LogP contribution < -0.4 is 15.4 Å². The van der Waals surface area contributed by atoms with Gasteiger partial charge in [-0.05, 0) is 49.7 Å². The molecule has 32 heavy (non-hydrogen) atoms. The maximum Gasteiger partial charge on any atom is 0.196 e. The highest BCUT2D eigenvalue weighted by atomic mass is 35.5. The number of para-hydroxylation sites is 1. The van der Waals surface area contributed by atoms with Crippen molar-refractivity contribution < 1.29 is 9.53 Å². The maximum absolute atomic E-state index is 13.4. The van der Waals surface area contributed by atoms with Crippen LogP contribution in [0.3, 0.4) is 0 Å². The highest BCUT2D eigenvalue weighted by Gasteiger charge is 2.22. The Hall–Kier alpha value is -3.35. The number of rotatable bonds is 6. The molecular weight excluding hydrogens is 424 g/mol. The Labute approximate surface area is 191 Å². The molecule has 2 aromatic carbocycles. The molecule has 0 saturated carbocycles. The van der Waals surface area contributed by atoms with E-state index in [0.29, 0.717) is 39.3 Å². The first-order chi connectivity index (χ1) is 15.7. The number of fused-ring (bicyclic) bond motifs is 1. The quantitative estimate of drug-likeness (QED) is 0.345. The third-order valence-electron chi connectivity index (χ3n) is 5.64. The second-order valence-corrected chi connectivity index (χ2v) is 8.27. The third-order valence-corrected chi connectivity index (χ3v) is 5.95. The number of benzene rings is 2. The average Bonchev–Trinajstić information content (AvgIpc) is 3.26. The van der Waals surface area contributed by atoms with Gasteiger partial charge in [0.05, 0.1) is 16.0 Å². The summed E-state index contributed by atoms with van der Waals surface area (Å²) in [4.78, 5) is 21.0. The molecule has 0 aliphatic carbocycles. The molecule has 1 saturated heterocycles. The summed E-state index contributed by atoms with van der Waals surface area (Å²) < 4.78 is 5.83. The molecule has 5 rings (SSSR count). The molecule has 2 aromatic heterocycles. The van der Waals surface area contributed by atoms with E-state index in [-0.39, 0.29) is 5.78 Å². The van der Waals surface area contributed by atoms with Gasteiger partial charge in [0.25, 0.3) is 0 Å². The largest absolute Gasteiger partial charge is 0.457 e. The van der Waals surface area contributed by atoms with Crippen molar-refractivity contribution in [1.82, 2.24) is 15.3 Å². The van der Waals surface area contributed by atoms with Crippen molar-refractivity contribution in [3.8, 4) is 11.5 Å². The van der Waals surface area contributed by atoms with Gasteiger partial charge in [-0.15, -0.1) is 0 Å². The Balaban J connectivity index is 1.44. The molecule has 7 heteroatoms. The van der Waals surface area contributed by atoms with Crippen molar-refractivity contribution in [2.45, 2.75) is 18.9 Å². The minimum Gasteiger partial charge on any atom is -0.457 e. The number of nitrogens with zero attached hydrogens (tertiary/aromatic N) is 1. The van der Waals surface area contributed by atoms with Crippen molar-refractivity contribution >= 4 is 34.1 Å². The lowest BCUT2D eigenvalue weighted by molar-refractivity contribution is 0.104. The lowest BCUT2D eigenvalue weighted by Gasteiger charge is -2.25. The number of ether oxygens (including phenoxy) is 1. The van der Waals surface area contributed by atoms with Crippen LogP contribution in [0.4, 0.5) is 5.69 Å². The lowest BCUT2D eigenvalue weighted by Crippen LogP contribution is -2.38. The van der Waals surface area contributed by atoms with Gasteiger partial charge in [-0.1, -0.05) is 29.8 Å². The normalized spacial score (nSPS) is 16.1. The standard InChI is InChI=1S/C25H23ClN4O2/c26-21-13-18(32-17-6-2-1-3-7-17)8-9-19(21)24(31)20-15-29-25-23(20)22(10-12-28-25)30-16-5-4-11-27-14-16/h1-3,6-10,12-13,15-16,27H,4-5,11,14H2,(H2,28,29,30). The highest BCUT2D eigenvalue weighted by Crippen LogP contribution is 2.32. The van der Waals surface area contributed by atoms with Crippen LogP contribution in [-0.4, -0.2) is 34.9 Å². The van der Waals surface area contributed by atoms with Crippen LogP contribution in [0, 0.1) is 0 Å². The maximum atomic E-state index is 13.4. The molecule has 3 N–H and O–H groups in total. The highest BCUT2D eigenvalue weighted by molar-refractivity contribution is 6.35. The fourth-order valence-electron chi connectivity index (χ4n) is 4.06. The number of nitrogens with one attached hydrogen (secondary N) is 3. The summed E-state index contributed by atoms with van der Waals surface area (Å²) in [6.45, 7) is 1.94. The number of ketones is 1. The molecule has 1 aliphatic heterocycles. The lowest BCUT2D eigenvalue weighted by atomic mass is 10.0. The van der Waals surface area contributed by atoms with Gasteiger partial charge in [0.2, 0.25) is 0 Å². The Bertz CT molecular complexity index is 1250. The van der Waals surface area contributed by atoms with Crippen LogP contribution in [0.2, 0.25) is 5.02 Å². The average molecular weight is 447 g/mol. The van der Waals surface area contributed by atoms with Gasteiger partial charge >= 0.3 is 0 Å². The number of hydrogen-bond acceptors (Lipinski definition) is 5. The predicted octanol–water partition coefficient (Wildman–Crippen LogP) is 5.40. The van der Waals surface area contributed by atoms with E-state index in [4.69, 9.17) is 16.3 Å². The molecule has 162 valence electrons. The van der Waals surface area contributed by atoms with E-state index in [2.05, 4.69) is 20.6 Å². The number of halogens is 1. The number of hydrogen-bond donors (Lipinski definition) is 3. The molecular formula is C25H23ClN4O2. The fourth-order valence-corrected chi connectivity index (χ4v) is 4.32. The van der Waals surface area contributed by atoms with Crippen LogP contribution in [0.1, 0.15) is 28.8 Å². The van der Waals surface area contributed by atoms with Crippen molar-refractivity contribution in [3.63, 3.8) is 0 Å². The summed E-state index contributed by atoms with van der Waals surface area (Å²) in [5.41, 5.74) is 2.52. The number of aromatic nitrogens is 2. The van der Waals surface area contributed by atoms with Gasteiger partial charge in [-0.3, -0.25) is 4.79 Å². The van der Waals surface area contributed by atoms with Gasteiger partial charge in [0, 0.05) is 42.3 Å². The molecule has 0 radical (unpaired) electrons. The number of carbonyl (C=O) groups excluding carboxylic acids is 1. The van der Waals surface area contributed by atoms with Crippen molar-refractivity contribution in [2.24, 2.45) is 0 Å². The summed E-state index contributed by atoms with van der Waals surface area (Å²) >= 11 is 6.50. The summed E-state index contributed by atoms with van der Waals surface area (Å²) in [5, 5.41) is 8.11. The van der Waals surface area contributed by atoms with E-state index in [1.54, 1.807) is 30.6 Å². The molecule has 4 aromatic rings. The van der Waals surface area contributed by atoms with Crippen molar-refractivity contribution in [2.75, 3.05) is 18.4 Å². The predicted molar refractivity (Wildman–Crippen MR) is 127 cm³/mol. The van der Waals surface area contributed by atoms with Gasteiger partial charge < -0.3 is 20.4 Å². The Morgan fingerprint density at radius 2 is 1.97 bits per heavy atom. The van der Waals surface area contributed by atoms with Crippen LogP contribution in [-0.2, 0) is 0 Å². The second-order valence-electron chi connectivity index (χ2n) is 7.86. The molecule has 6 nitrogen and oxygen atoms in total. The zero-order chi connectivity index (χ0) is 21.9. The van der Waals surface area contributed by atoms with Crippen molar-refractivity contribution in [1.29, 1.82) is 0 Å². The first kappa shape index (κ1) is 20.5. The minimum absolute atomic E-state index is 0.162. The molecule has 1 aliphatic rings. The first-order valence-corrected chi connectivity index (χ1v) is 11.1. The zero-order valence-electron chi connectivity index (χ0n) is 17.4. The number of anilines is 1. The van der Waals surface area contributed by atoms with Crippen LogP contribution in [0.5, 0.6) is 11.5 Å². The van der Waals surface area contributed by atoms with Gasteiger partial charge in [0.15, 0.2) is 5.78 Å². The summed E-state index contributed by atoms with van der Waals surface area (Å²) in [6.07, 6.45) is 5.65. The Morgan fingerprint density at radius 3 is 2.75 bits per heavy atom. The number of H-pyrrole nitrogens is 1. The molecule has 1 atom stereocenters. The SMILES string of the molecule is O=C(c1ccc(Oc2ccccc2)cc1Cl)c1c[nH]c2nccc(NC3CCCNC3)c12. The first-order valence-electron chi connectivity index (χ1n) is 10.7. The Morgan fingerprint density at radius 1 is 1.09 bits per heavy atom. The Kier molecular flexibility index (Phi) is 5.79. The van der Waals surface area contributed by atoms with Crippen LogP contribution >= 0.6 is 11.6 Å². The fraction of sp³-hybridized carbons (Fsp3) is 0.200. The molecule has 0 spiro atoms. The van der Waals surface area contributed by atoms with E-state index in [9.17, 15) is 4.79 Å². The monoisotopic (exact) mass is 446 g/mol. The van der Waals surface area contributed by atoms with E-state index < -0.39 is 0 Å². The zero-order valence-corrected chi connectivity index (χ0v) is 18.2.